The summed E-state index contributed by atoms with van der Waals surface area (Å²) in [4.78, 5) is 10.6. The second kappa shape index (κ2) is 12.4. The van der Waals surface area contributed by atoms with Gasteiger partial charge in [-0.25, -0.2) is 4.39 Å². The van der Waals surface area contributed by atoms with Crippen LogP contribution in [0.15, 0.2) is 36.4 Å². The highest BCUT2D eigenvalue weighted by Crippen LogP contribution is 2.44. The summed E-state index contributed by atoms with van der Waals surface area (Å²) < 4.78 is 36.2. The summed E-state index contributed by atoms with van der Waals surface area (Å²) in [5.41, 5.74) is 9.69. The van der Waals surface area contributed by atoms with Crippen molar-refractivity contribution in [3.8, 4) is 22.8 Å². The molecule has 3 aromatic rings. The van der Waals surface area contributed by atoms with Gasteiger partial charge < -0.3 is 30.0 Å². The molecule has 0 fully saturated rings. The molecule has 0 aliphatic heterocycles. The number of hydrogen-bond acceptors (Lipinski definition) is 7. The predicted molar refractivity (Wildman–Crippen MR) is 133 cm³/mol. The standard InChI is InChI=1S/C26H31FN4O5/c1-2-7-35-22-13-17-12-21-25(30-31-26(21)29-19-6-3-5-18(27)14-19)20(17)15-23(22)36-9-4-8-33-10-11-34-16-24(28)32/h3,5-6,13-15H,2,4,7-12,16H2,1H3,(H2,28,32)(H2,29,30,31). The molecule has 1 amide bonds. The Labute approximate surface area is 209 Å². The normalized spacial score (nSPS) is 11.7. The number of benzene rings is 2. The number of ether oxygens (including phenoxy) is 4. The summed E-state index contributed by atoms with van der Waals surface area (Å²) in [7, 11) is 0. The lowest BCUT2D eigenvalue weighted by Crippen LogP contribution is -2.19. The van der Waals surface area contributed by atoms with Crippen LogP contribution in [0, 0.1) is 5.82 Å². The fraction of sp³-hybridized carbons (Fsp3) is 0.385. The van der Waals surface area contributed by atoms with E-state index < -0.39 is 5.91 Å². The minimum atomic E-state index is -0.500. The molecule has 0 saturated carbocycles. The van der Waals surface area contributed by atoms with Crippen molar-refractivity contribution < 1.29 is 28.1 Å². The molecular weight excluding hydrogens is 467 g/mol. The maximum atomic E-state index is 13.6. The number of hydrogen-bond donors (Lipinski definition) is 3. The average Bonchev–Trinajstić information content (AvgIpc) is 3.40. The Morgan fingerprint density at radius 1 is 1.08 bits per heavy atom. The number of rotatable bonds is 15. The molecule has 36 heavy (non-hydrogen) atoms. The van der Waals surface area contributed by atoms with Gasteiger partial charge in [0.25, 0.3) is 0 Å². The molecular formula is C26H31FN4O5. The Bertz CT molecular complexity index is 1180. The van der Waals surface area contributed by atoms with Crippen LogP contribution in [0.3, 0.4) is 0 Å². The summed E-state index contributed by atoms with van der Waals surface area (Å²) in [6.45, 7) is 4.17. The van der Waals surface area contributed by atoms with Crippen LogP contribution in [0.25, 0.3) is 11.3 Å². The third-order valence-electron chi connectivity index (χ3n) is 5.53. The molecule has 4 N–H and O–H groups in total. The molecule has 0 unspecified atom stereocenters. The van der Waals surface area contributed by atoms with Gasteiger partial charge in [0.1, 0.15) is 12.4 Å². The Balaban J connectivity index is 1.38. The molecule has 0 saturated heterocycles. The highest BCUT2D eigenvalue weighted by atomic mass is 19.1. The quantitative estimate of drug-likeness (QED) is 0.212. The minimum absolute atomic E-state index is 0.105. The van der Waals surface area contributed by atoms with Crippen LogP contribution in [0.4, 0.5) is 15.9 Å². The molecule has 0 spiro atoms. The number of H-pyrrole nitrogens is 1. The number of aromatic amines is 1. The van der Waals surface area contributed by atoms with E-state index in [1.807, 2.05) is 12.1 Å². The van der Waals surface area contributed by atoms with E-state index in [4.69, 9.17) is 24.7 Å². The Morgan fingerprint density at radius 2 is 1.89 bits per heavy atom. The van der Waals surface area contributed by atoms with Gasteiger partial charge in [-0.1, -0.05) is 13.0 Å². The van der Waals surface area contributed by atoms with Gasteiger partial charge in [-0.05, 0) is 42.3 Å². The summed E-state index contributed by atoms with van der Waals surface area (Å²) in [6.07, 6.45) is 2.23. The zero-order chi connectivity index (χ0) is 25.3. The largest absolute Gasteiger partial charge is 0.490 e. The van der Waals surface area contributed by atoms with Crippen LogP contribution < -0.4 is 20.5 Å². The number of aromatic nitrogens is 2. The van der Waals surface area contributed by atoms with Gasteiger partial charge in [0.05, 0.1) is 32.1 Å². The third kappa shape index (κ3) is 6.52. The molecule has 0 radical (unpaired) electrons. The molecule has 0 atom stereocenters. The number of halogens is 1. The van der Waals surface area contributed by atoms with Crippen LogP contribution in [0.5, 0.6) is 11.5 Å². The monoisotopic (exact) mass is 498 g/mol. The number of nitrogens with two attached hydrogens (primary N) is 1. The van der Waals surface area contributed by atoms with Gasteiger partial charge in [0.15, 0.2) is 17.3 Å². The van der Waals surface area contributed by atoms with Crippen LogP contribution in [0.2, 0.25) is 0 Å². The second-order valence-corrected chi connectivity index (χ2v) is 8.38. The number of primary amides is 1. The summed E-state index contributed by atoms with van der Waals surface area (Å²) in [6, 6.07) is 10.3. The summed E-state index contributed by atoms with van der Waals surface area (Å²) >= 11 is 0. The minimum Gasteiger partial charge on any atom is -0.490 e. The van der Waals surface area contributed by atoms with E-state index in [2.05, 4.69) is 22.4 Å². The summed E-state index contributed by atoms with van der Waals surface area (Å²) in [5.74, 6) is 1.22. The zero-order valence-electron chi connectivity index (χ0n) is 20.3. The molecule has 0 bridgehead atoms. The topological polar surface area (TPSA) is 121 Å². The van der Waals surface area contributed by atoms with Gasteiger partial charge in [0.2, 0.25) is 5.91 Å². The summed E-state index contributed by atoms with van der Waals surface area (Å²) in [5, 5.41) is 10.7. The average molecular weight is 499 g/mol. The number of nitrogens with zero attached hydrogens (tertiary/aromatic N) is 1. The lowest BCUT2D eigenvalue weighted by molar-refractivity contribution is -0.123. The number of carbonyl (C=O) groups excluding carboxylic acids is 1. The van der Waals surface area contributed by atoms with Crippen LogP contribution in [-0.4, -0.2) is 55.7 Å². The number of nitrogens with one attached hydrogen (secondary N) is 2. The Morgan fingerprint density at radius 3 is 2.69 bits per heavy atom. The van der Waals surface area contributed by atoms with E-state index in [1.165, 1.54) is 12.1 Å². The Kier molecular flexibility index (Phi) is 8.75. The van der Waals surface area contributed by atoms with Gasteiger partial charge in [0, 0.05) is 36.3 Å². The van der Waals surface area contributed by atoms with Crippen LogP contribution in [-0.2, 0) is 20.7 Å². The number of carbonyl (C=O) groups is 1. The lowest BCUT2D eigenvalue weighted by Gasteiger charge is -2.15. The van der Waals surface area contributed by atoms with Crippen molar-refractivity contribution in [1.82, 2.24) is 10.2 Å². The van der Waals surface area contributed by atoms with Crippen molar-refractivity contribution in [2.45, 2.75) is 26.2 Å². The van der Waals surface area contributed by atoms with Gasteiger partial charge >= 0.3 is 0 Å². The van der Waals surface area contributed by atoms with Crippen molar-refractivity contribution in [2.24, 2.45) is 5.73 Å². The highest BCUT2D eigenvalue weighted by molar-refractivity contribution is 5.81. The fourth-order valence-electron chi connectivity index (χ4n) is 3.91. The molecule has 1 heterocycles. The van der Waals surface area contributed by atoms with Crippen molar-refractivity contribution in [2.75, 3.05) is 45.0 Å². The first-order valence-electron chi connectivity index (χ1n) is 12.0. The van der Waals surface area contributed by atoms with Gasteiger partial charge in [-0.15, -0.1) is 0 Å². The molecule has 9 nitrogen and oxygen atoms in total. The van der Waals surface area contributed by atoms with E-state index >= 15 is 0 Å². The van der Waals surface area contributed by atoms with Crippen molar-refractivity contribution >= 4 is 17.4 Å². The first-order chi connectivity index (χ1) is 17.5. The zero-order valence-corrected chi connectivity index (χ0v) is 20.3. The molecule has 4 rings (SSSR count). The maximum absolute atomic E-state index is 13.6. The van der Waals surface area contributed by atoms with E-state index in [0.717, 1.165) is 28.8 Å². The fourth-order valence-corrected chi connectivity index (χ4v) is 3.91. The molecule has 2 aromatic carbocycles. The van der Waals surface area contributed by atoms with E-state index in [0.29, 0.717) is 68.9 Å². The van der Waals surface area contributed by atoms with Crippen LogP contribution in [0.1, 0.15) is 30.9 Å². The van der Waals surface area contributed by atoms with E-state index in [-0.39, 0.29) is 12.4 Å². The first-order valence-corrected chi connectivity index (χ1v) is 12.0. The molecule has 192 valence electrons. The molecule has 1 aromatic heterocycles. The van der Waals surface area contributed by atoms with Gasteiger partial charge in [-0.3, -0.25) is 9.89 Å². The molecule has 1 aliphatic carbocycles. The maximum Gasteiger partial charge on any atom is 0.243 e. The SMILES string of the molecule is CCCOc1cc2c(cc1OCCCOCCOCC(N)=O)-c1[nH]nc(Nc3cccc(F)c3)c1C2. The number of amides is 1. The third-order valence-corrected chi connectivity index (χ3v) is 5.53. The predicted octanol–water partition coefficient (Wildman–Crippen LogP) is 3.94. The molecule has 10 heteroatoms. The smallest absolute Gasteiger partial charge is 0.243 e. The van der Waals surface area contributed by atoms with Crippen LogP contribution >= 0.6 is 0 Å². The van der Waals surface area contributed by atoms with Crippen molar-refractivity contribution in [1.29, 1.82) is 0 Å². The number of anilines is 2. The molecule has 1 aliphatic rings. The van der Waals surface area contributed by atoms with Crippen molar-refractivity contribution in [3.05, 3.63) is 53.3 Å². The lowest BCUT2D eigenvalue weighted by atomic mass is 10.1. The van der Waals surface area contributed by atoms with Gasteiger partial charge in [-0.2, -0.15) is 5.10 Å². The second-order valence-electron chi connectivity index (χ2n) is 8.38. The van der Waals surface area contributed by atoms with E-state index in [1.54, 1.807) is 12.1 Å². The van der Waals surface area contributed by atoms with Crippen molar-refractivity contribution in [3.63, 3.8) is 0 Å². The first kappa shape index (κ1) is 25.5. The number of fused-ring (bicyclic) bond motifs is 3. The highest BCUT2D eigenvalue weighted by Gasteiger charge is 2.27. The van der Waals surface area contributed by atoms with E-state index in [9.17, 15) is 9.18 Å². The Hall–Kier alpha value is -3.63.